The summed E-state index contributed by atoms with van der Waals surface area (Å²) < 4.78 is 2.08. The first-order valence-corrected chi connectivity index (χ1v) is 10.6. The molecule has 1 aliphatic rings. The monoisotopic (exact) mass is 408 g/mol. The summed E-state index contributed by atoms with van der Waals surface area (Å²) in [4.78, 5) is 17.2. The third-order valence-electron chi connectivity index (χ3n) is 5.17. The highest BCUT2D eigenvalue weighted by molar-refractivity contribution is 7.99. The van der Waals surface area contributed by atoms with Crippen LogP contribution < -0.4 is 11.1 Å². The van der Waals surface area contributed by atoms with E-state index in [0.717, 1.165) is 47.0 Å². The van der Waals surface area contributed by atoms with Gasteiger partial charge in [0, 0.05) is 40.9 Å². The largest absolute Gasteiger partial charge is 0.393 e. The maximum Gasteiger partial charge on any atom is 0.250 e. The highest BCUT2D eigenvalue weighted by Gasteiger charge is 2.21. The second kappa shape index (κ2) is 8.71. The molecule has 4 rings (SSSR count). The van der Waals surface area contributed by atoms with Crippen LogP contribution >= 0.6 is 11.8 Å². The highest BCUT2D eigenvalue weighted by Crippen LogP contribution is 2.31. The van der Waals surface area contributed by atoms with Gasteiger partial charge in [-0.15, -0.1) is 0 Å². The summed E-state index contributed by atoms with van der Waals surface area (Å²) in [5.74, 6) is -0.452. The fourth-order valence-electron chi connectivity index (χ4n) is 3.65. The van der Waals surface area contributed by atoms with Crippen molar-refractivity contribution in [3.63, 3.8) is 0 Å². The number of aromatic nitrogens is 2. The second-order valence-corrected chi connectivity index (χ2v) is 8.34. The topological polar surface area (TPSA) is 93.2 Å². The van der Waals surface area contributed by atoms with Gasteiger partial charge in [0.1, 0.15) is 0 Å². The van der Waals surface area contributed by atoms with Crippen molar-refractivity contribution in [2.45, 2.75) is 47.8 Å². The number of pyridine rings is 1. The quantitative estimate of drug-likeness (QED) is 0.576. The smallest absolute Gasteiger partial charge is 0.250 e. The van der Waals surface area contributed by atoms with Gasteiger partial charge in [-0.25, -0.2) is 0 Å². The van der Waals surface area contributed by atoms with Crippen LogP contribution in [0.25, 0.3) is 5.69 Å². The number of amides is 1. The van der Waals surface area contributed by atoms with Gasteiger partial charge in [-0.05, 0) is 68.1 Å². The van der Waals surface area contributed by atoms with Crippen molar-refractivity contribution in [2.24, 2.45) is 5.73 Å². The number of aliphatic hydroxyl groups excluding tert-OH is 1. The van der Waals surface area contributed by atoms with E-state index in [1.165, 1.54) is 0 Å². The standard InChI is InChI=1S/C22H24N4O2S/c23-22(28)19-10-7-16(13-20(19)25-15-5-8-17(27)9-6-15)26-12-2-4-21(26)29-18-3-1-11-24-14-18/h1-4,7,10-15,17,25,27H,5-6,8-9H2,(H2,23,28)/t15-,17-. The zero-order valence-corrected chi connectivity index (χ0v) is 16.8. The van der Waals surface area contributed by atoms with E-state index in [-0.39, 0.29) is 12.1 Å². The average molecular weight is 409 g/mol. The van der Waals surface area contributed by atoms with Gasteiger partial charge in [0.05, 0.1) is 16.7 Å². The van der Waals surface area contributed by atoms with Crippen LogP contribution in [0.5, 0.6) is 0 Å². The second-order valence-electron chi connectivity index (χ2n) is 7.25. The Labute approximate surface area is 174 Å². The highest BCUT2D eigenvalue weighted by atomic mass is 32.2. The molecule has 4 N–H and O–H groups in total. The first-order valence-electron chi connectivity index (χ1n) is 9.74. The Morgan fingerprint density at radius 3 is 2.72 bits per heavy atom. The molecular formula is C22H24N4O2S. The van der Waals surface area contributed by atoms with Crippen LogP contribution in [0.15, 0.2) is 71.0 Å². The number of primary amides is 1. The summed E-state index contributed by atoms with van der Waals surface area (Å²) in [7, 11) is 0. The molecule has 1 aliphatic carbocycles. The zero-order chi connectivity index (χ0) is 20.2. The van der Waals surface area contributed by atoms with E-state index in [1.54, 1.807) is 24.0 Å². The SMILES string of the molecule is NC(=O)c1ccc(-n2cccc2Sc2cccnc2)cc1N[C@H]1CC[C@H](O)CC1. The van der Waals surface area contributed by atoms with E-state index in [9.17, 15) is 9.90 Å². The van der Waals surface area contributed by atoms with E-state index >= 15 is 0 Å². The summed E-state index contributed by atoms with van der Waals surface area (Å²) in [6.07, 6.45) is 8.65. The molecule has 29 heavy (non-hydrogen) atoms. The van der Waals surface area contributed by atoms with Crippen molar-refractivity contribution in [3.05, 3.63) is 66.6 Å². The number of hydrogen-bond donors (Lipinski definition) is 3. The van der Waals surface area contributed by atoms with Gasteiger partial charge in [-0.1, -0.05) is 11.8 Å². The van der Waals surface area contributed by atoms with Gasteiger partial charge in [0.2, 0.25) is 0 Å². The number of carbonyl (C=O) groups excluding carboxylic acids is 1. The predicted molar refractivity (Wildman–Crippen MR) is 115 cm³/mol. The Morgan fingerprint density at radius 2 is 2.00 bits per heavy atom. The van der Waals surface area contributed by atoms with Crippen molar-refractivity contribution < 1.29 is 9.90 Å². The van der Waals surface area contributed by atoms with Crippen LogP contribution in [0.2, 0.25) is 0 Å². The van der Waals surface area contributed by atoms with Crippen LogP contribution in [0.1, 0.15) is 36.0 Å². The number of aliphatic hydroxyl groups is 1. The zero-order valence-electron chi connectivity index (χ0n) is 16.0. The fraction of sp³-hybridized carbons (Fsp3) is 0.273. The molecule has 6 nitrogen and oxygen atoms in total. The number of anilines is 1. The van der Waals surface area contributed by atoms with Crippen LogP contribution in [0.4, 0.5) is 5.69 Å². The molecule has 0 unspecified atom stereocenters. The first-order chi connectivity index (χ1) is 14.1. The fourth-order valence-corrected chi connectivity index (χ4v) is 4.56. The summed E-state index contributed by atoms with van der Waals surface area (Å²) in [6.45, 7) is 0. The lowest BCUT2D eigenvalue weighted by Crippen LogP contribution is -2.29. The number of nitrogens with two attached hydrogens (primary N) is 1. The van der Waals surface area contributed by atoms with Crippen molar-refractivity contribution in [3.8, 4) is 5.69 Å². The van der Waals surface area contributed by atoms with Gasteiger partial charge in [0.15, 0.2) is 0 Å². The molecule has 0 radical (unpaired) electrons. The lowest BCUT2D eigenvalue weighted by atomic mass is 9.92. The minimum absolute atomic E-state index is 0.220. The number of benzene rings is 1. The molecule has 0 spiro atoms. The number of rotatable bonds is 6. The number of nitrogens with zero attached hydrogens (tertiary/aromatic N) is 2. The molecule has 0 aliphatic heterocycles. The van der Waals surface area contributed by atoms with Gasteiger partial charge < -0.3 is 20.7 Å². The summed E-state index contributed by atoms with van der Waals surface area (Å²) in [6, 6.07) is 13.9. The third-order valence-corrected chi connectivity index (χ3v) is 6.19. The third kappa shape index (κ3) is 4.63. The molecule has 1 amide bonds. The van der Waals surface area contributed by atoms with E-state index in [2.05, 4.69) is 20.9 Å². The lowest BCUT2D eigenvalue weighted by molar-refractivity contribution is 0.100. The number of carbonyl (C=O) groups is 1. The van der Waals surface area contributed by atoms with Crippen LogP contribution in [-0.2, 0) is 0 Å². The van der Waals surface area contributed by atoms with Crippen LogP contribution in [0, 0.1) is 0 Å². The summed E-state index contributed by atoms with van der Waals surface area (Å²) >= 11 is 1.63. The molecule has 7 heteroatoms. The lowest BCUT2D eigenvalue weighted by Gasteiger charge is -2.28. The van der Waals surface area contributed by atoms with Crippen LogP contribution in [0.3, 0.4) is 0 Å². The Bertz CT molecular complexity index is 981. The van der Waals surface area contributed by atoms with E-state index in [1.807, 2.05) is 42.7 Å². The minimum Gasteiger partial charge on any atom is -0.393 e. The van der Waals surface area contributed by atoms with Gasteiger partial charge in [-0.3, -0.25) is 9.78 Å². The van der Waals surface area contributed by atoms with Crippen molar-refractivity contribution in [1.82, 2.24) is 9.55 Å². The molecule has 0 saturated heterocycles. The maximum atomic E-state index is 11.9. The molecule has 2 aromatic heterocycles. The Morgan fingerprint density at radius 1 is 1.17 bits per heavy atom. The van der Waals surface area contributed by atoms with Crippen molar-refractivity contribution in [2.75, 3.05) is 5.32 Å². The van der Waals surface area contributed by atoms with Crippen molar-refractivity contribution >= 4 is 23.4 Å². The molecule has 3 aromatic rings. The molecular weight excluding hydrogens is 384 g/mol. The normalized spacial score (nSPS) is 19.1. The molecule has 1 aromatic carbocycles. The Hall–Kier alpha value is -2.77. The molecule has 150 valence electrons. The van der Waals surface area contributed by atoms with Gasteiger partial charge in [0.25, 0.3) is 5.91 Å². The number of nitrogens with one attached hydrogen (secondary N) is 1. The summed E-state index contributed by atoms with van der Waals surface area (Å²) in [5, 5.41) is 14.3. The average Bonchev–Trinajstić information content (AvgIpc) is 3.18. The van der Waals surface area contributed by atoms with Crippen LogP contribution in [-0.4, -0.2) is 32.7 Å². The molecule has 1 saturated carbocycles. The minimum atomic E-state index is -0.452. The Balaban J connectivity index is 1.62. The molecule has 2 heterocycles. The molecule has 1 fully saturated rings. The van der Waals surface area contributed by atoms with E-state index < -0.39 is 5.91 Å². The Kier molecular flexibility index (Phi) is 5.87. The van der Waals surface area contributed by atoms with E-state index in [4.69, 9.17) is 5.73 Å². The molecule has 0 bridgehead atoms. The maximum absolute atomic E-state index is 11.9. The predicted octanol–water partition coefficient (Wildman–Crippen LogP) is 3.84. The first kappa shape index (κ1) is 19.5. The summed E-state index contributed by atoms with van der Waals surface area (Å²) in [5.41, 5.74) is 7.77. The van der Waals surface area contributed by atoms with Gasteiger partial charge in [-0.2, -0.15) is 0 Å². The molecule has 0 atom stereocenters. The van der Waals surface area contributed by atoms with Gasteiger partial charge >= 0.3 is 0 Å². The van der Waals surface area contributed by atoms with E-state index in [0.29, 0.717) is 5.56 Å². The van der Waals surface area contributed by atoms with Crippen molar-refractivity contribution in [1.29, 1.82) is 0 Å². The number of hydrogen-bond acceptors (Lipinski definition) is 5.